The SMILES string of the molecule is Cc1cccc(C[C@@H]2NC(=O)C3(CCCC3)NC(=O)C3(CCCC3)NCCOc3ccccc3/C=C/CNC2=O)c1. The lowest BCUT2D eigenvalue weighted by Crippen LogP contribution is -2.66. The summed E-state index contributed by atoms with van der Waals surface area (Å²) in [5.41, 5.74) is 1.20. The van der Waals surface area contributed by atoms with Gasteiger partial charge in [0, 0.05) is 25.1 Å². The van der Waals surface area contributed by atoms with Crippen molar-refractivity contribution in [2.24, 2.45) is 0 Å². The van der Waals surface area contributed by atoms with Gasteiger partial charge in [-0.2, -0.15) is 0 Å². The standard InChI is InChI=1S/C33H42N4O4/c1-24-10-8-11-25(22-24)23-27-29(38)34-19-9-13-26-12-2-3-14-28(26)41-21-20-35-32(15-4-5-16-32)31(40)37-33(30(39)36-27)17-6-7-18-33/h2-3,8-14,22,27,35H,4-7,15-21,23H2,1H3,(H,34,38)(H,36,39)(H,37,40)/b13-9+/t27-/m0/s1. The smallest absolute Gasteiger partial charge is 0.246 e. The van der Waals surface area contributed by atoms with E-state index in [2.05, 4.69) is 21.3 Å². The molecule has 2 aromatic rings. The third-order valence-corrected chi connectivity index (χ3v) is 8.71. The van der Waals surface area contributed by atoms with E-state index in [0.29, 0.717) is 51.8 Å². The van der Waals surface area contributed by atoms with E-state index in [0.717, 1.165) is 48.1 Å². The number of hydrogen-bond acceptors (Lipinski definition) is 5. The number of carbonyl (C=O) groups is 3. The van der Waals surface area contributed by atoms with Gasteiger partial charge in [-0.3, -0.25) is 19.7 Å². The number of carbonyl (C=O) groups excluding carboxylic acids is 3. The fourth-order valence-corrected chi connectivity index (χ4v) is 6.44. The molecule has 41 heavy (non-hydrogen) atoms. The minimum absolute atomic E-state index is 0.129. The molecular formula is C33H42N4O4. The van der Waals surface area contributed by atoms with Crippen molar-refractivity contribution in [1.29, 1.82) is 0 Å². The van der Waals surface area contributed by atoms with Gasteiger partial charge in [-0.1, -0.05) is 85.9 Å². The Morgan fingerprint density at radius 1 is 0.878 bits per heavy atom. The number of ether oxygens (including phenoxy) is 1. The van der Waals surface area contributed by atoms with Gasteiger partial charge in [0.2, 0.25) is 17.7 Å². The summed E-state index contributed by atoms with van der Waals surface area (Å²) in [5.74, 6) is 0.0791. The van der Waals surface area contributed by atoms with Crippen molar-refractivity contribution in [3.63, 3.8) is 0 Å². The summed E-state index contributed by atoms with van der Waals surface area (Å²) in [7, 11) is 0. The lowest BCUT2D eigenvalue weighted by Gasteiger charge is -2.36. The zero-order valence-corrected chi connectivity index (χ0v) is 24.0. The second-order valence-electron chi connectivity index (χ2n) is 11.7. The van der Waals surface area contributed by atoms with Crippen LogP contribution < -0.4 is 26.0 Å². The Balaban J connectivity index is 1.45. The highest BCUT2D eigenvalue weighted by Gasteiger charge is 2.49. The van der Waals surface area contributed by atoms with Gasteiger partial charge in [0.1, 0.15) is 23.9 Å². The maximum Gasteiger partial charge on any atom is 0.246 e. The van der Waals surface area contributed by atoms with Crippen LogP contribution in [-0.2, 0) is 20.8 Å². The van der Waals surface area contributed by atoms with Crippen LogP contribution in [0, 0.1) is 6.92 Å². The van der Waals surface area contributed by atoms with Crippen molar-refractivity contribution in [3.8, 4) is 5.75 Å². The number of fused-ring (bicyclic) bond motifs is 1. The minimum atomic E-state index is -1.03. The van der Waals surface area contributed by atoms with Gasteiger partial charge >= 0.3 is 0 Å². The highest BCUT2D eigenvalue weighted by atomic mass is 16.5. The first-order chi connectivity index (χ1) is 19.9. The second kappa shape index (κ2) is 12.9. The van der Waals surface area contributed by atoms with Gasteiger partial charge in [0.25, 0.3) is 0 Å². The Morgan fingerprint density at radius 3 is 2.37 bits per heavy atom. The van der Waals surface area contributed by atoms with Crippen LogP contribution in [0.5, 0.6) is 5.75 Å². The third-order valence-electron chi connectivity index (χ3n) is 8.71. The number of aryl methyl sites for hydroxylation is 1. The van der Waals surface area contributed by atoms with Crippen LogP contribution in [-0.4, -0.2) is 54.5 Å². The van der Waals surface area contributed by atoms with E-state index in [-0.39, 0.29) is 17.7 Å². The van der Waals surface area contributed by atoms with Gasteiger partial charge < -0.3 is 20.7 Å². The molecule has 8 nitrogen and oxygen atoms in total. The lowest BCUT2D eigenvalue weighted by molar-refractivity contribution is -0.138. The third kappa shape index (κ3) is 6.81. The summed E-state index contributed by atoms with van der Waals surface area (Å²) in [4.78, 5) is 41.4. The van der Waals surface area contributed by atoms with Crippen LogP contribution in [0.1, 0.15) is 68.1 Å². The highest BCUT2D eigenvalue weighted by molar-refractivity contribution is 5.97. The predicted octanol–water partition coefficient (Wildman–Crippen LogP) is 3.58. The molecule has 218 valence electrons. The molecule has 0 saturated heterocycles. The van der Waals surface area contributed by atoms with Crippen LogP contribution in [0.15, 0.2) is 54.6 Å². The first-order valence-corrected chi connectivity index (χ1v) is 15.0. The van der Waals surface area contributed by atoms with E-state index in [4.69, 9.17) is 4.74 Å². The monoisotopic (exact) mass is 558 g/mol. The second-order valence-corrected chi connectivity index (χ2v) is 11.7. The Bertz CT molecular complexity index is 1280. The normalized spacial score (nSPS) is 23.9. The van der Waals surface area contributed by atoms with E-state index in [1.54, 1.807) is 0 Å². The molecule has 0 bridgehead atoms. The number of amides is 3. The summed E-state index contributed by atoms with van der Waals surface area (Å²) < 4.78 is 6.10. The fraction of sp³-hybridized carbons (Fsp3) is 0.485. The van der Waals surface area contributed by atoms with Crippen LogP contribution in [0.25, 0.3) is 6.08 Å². The van der Waals surface area contributed by atoms with Crippen LogP contribution in [0.2, 0.25) is 0 Å². The number of nitrogens with one attached hydrogen (secondary N) is 4. The van der Waals surface area contributed by atoms with Gasteiger partial charge in [0.15, 0.2) is 0 Å². The van der Waals surface area contributed by atoms with Crippen LogP contribution >= 0.6 is 0 Å². The Morgan fingerprint density at radius 2 is 1.61 bits per heavy atom. The molecule has 2 aliphatic carbocycles. The van der Waals surface area contributed by atoms with E-state index in [9.17, 15) is 14.4 Å². The Labute approximate surface area is 242 Å². The van der Waals surface area contributed by atoms with Crippen molar-refractivity contribution < 1.29 is 19.1 Å². The van der Waals surface area contributed by atoms with Crippen LogP contribution in [0.3, 0.4) is 0 Å². The zero-order chi connectivity index (χ0) is 28.7. The predicted molar refractivity (Wildman–Crippen MR) is 159 cm³/mol. The average Bonchev–Trinajstić information content (AvgIpc) is 3.65. The summed E-state index contributed by atoms with van der Waals surface area (Å²) in [6.45, 7) is 3.23. The molecule has 1 heterocycles. The molecule has 0 unspecified atom stereocenters. The quantitative estimate of drug-likeness (QED) is 0.451. The molecule has 5 rings (SSSR count). The molecule has 3 amide bonds. The average molecular weight is 559 g/mol. The summed E-state index contributed by atoms with van der Waals surface area (Å²) in [6.07, 6.45) is 10.3. The molecule has 2 fully saturated rings. The highest BCUT2D eigenvalue weighted by Crippen LogP contribution is 2.34. The molecule has 0 aromatic heterocycles. The topological polar surface area (TPSA) is 109 Å². The van der Waals surface area contributed by atoms with E-state index in [1.165, 1.54) is 0 Å². The van der Waals surface area contributed by atoms with E-state index >= 15 is 0 Å². The fourth-order valence-electron chi connectivity index (χ4n) is 6.44. The molecule has 1 atom stereocenters. The molecule has 3 aliphatic rings. The first kappa shape index (κ1) is 28.9. The zero-order valence-electron chi connectivity index (χ0n) is 24.0. The summed E-state index contributed by atoms with van der Waals surface area (Å²) in [5, 5.41) is 12.7. The van der Waals surface area contributed by atoms with Crippen LogP contribution in [0.4, 0.5) is 0 Å². The largest absolute Gasteiger partial charge is 0.492 e. The number of hydrogen-bond donors (Lipinski definition) is 4. The van der Waals surface area contributed by atoms with Crippen molar-refractivity contribution in [2.75, 3.05) is 19.7 Å². The minimum Gasteiger partial charge on any atom is -0.492 e. The summed E-state index contributed by atoms with van der Waals surface area (Å²) >= 11 is 0. The maximum absolute atomic E-state index is 14.0. The van der Waals surface area contributed by atoms with Crippen molar-refractivity contribution in [2.45, 2.75) is 81.8 Å². The molecule has 8 heteroatoms. The molecule has 2 saturated carbocycles. The van der Waals surface area contributed by atoms with Gasteiger partial charge in [0.05, 0.1) is 5.54 Å². The molecular weight excluding hydrogens is 516 g/mol. The Kier molecular flexibility index (Phi) is 9.08. The maximum atomic E-state index is 14.0. The molecule has 0 radical (unpaired) electrons. The van der Waals surface area contributed by atoms with Gasteiger partial charge in [-0.25, -0.2) is 0 Å². The van der Waals surface area contributed by atoms with Crippen molar-refractivity contribution >= 4 is 23.8 Å². The molecule has 2 spiro atoms. The number of rotatable bonds is 2. The lowest BCUT2D eigenvalue weighted by atomic mass is 9.90. The summed E-state index contributed by atoms with van der Waals surface area (Å²) in [6, 6.07) is 15.0. The van der Waals surface area contributed by atoms with Crippen molar-refractivity contribution in [3.05, 3.63) is 71.3 Å². The van der Waals surface area contributed by atoms with Gasteiger partial charge in [-0.05, 0) is 44.2 Å². The van der Waals surface area contributed by atoms with E-state index < -0.39 is 17.1 Å². The number of para-hydroxylation sites is 1. The number of benzene rings is 2. The molecule has 4 N–H and O–H groups in total. The van der Waals surface area contributed by atoms with E-state index in [1.807, 2.05) is 67.6 Å². The van der Waals surface area contributed by atoms with Gasteiger partial charge in [-0.15, -0.1) is 0 Å². The molecule has 2 aromatic carbocycles. The first-order valence-electron chi connectivity index (χ1n) is 15.0. The Hall–Kier alpha value is -3.65. The molecule has 1 aliphatic heterocycles. The van der Waals surface area contributed by atoms with Crippen molar-refractivity contribution in [1.82, 2.24) is 21.3 Å².